The first-order valence-electron chi connectivity index (χ1n) is 9.72. The minimum Gasteiger partial charge on any atom is -0.496 e. The second-order valence-electron chi connectivity index (χ2n) is 7.72. The van der Waals surface area contributed by atoms with Crippen LogP contribution in [0.2, 0.25) is 0 Å². The standard InChI is InChI=1S/C23H27NO3/c1-16-10-18(8-9-22(16)26-2)23(25)19-11-20-14-27-15-21(12-19)24(20)13-17-6-4-3-5-7-17/h3-10,19-21H,11-15H2,1-2H3. The number of fused-ring (bicyclic) bond motifs is 2. The van der Waals surface area contributed by atoms with Crippen molar-refractivity contribution in [3.63, 3.8) is 0 Å². The van der Waals surface area contributed by atoms with Crippen LogP contribution in [0.5, 0.6) is 5.75 Å². The normalized spacial score (nSPS) is 25.2. The maximum Gasteiger partial charge on any atom is 0.166 e. The molecule has 2 heterocycles. The fraction of sp³-hybridized carbons (Fsp3) is 0.435. The van der Waals surface area contributed by atoms with Crippen molar-refractivity contribution < 1.29 is 14.3 Å². The van der Waals surface area contributed by atoms with Gasteiger partial charge < -0.3 is 9.47 Å². The molecule has 4 nitrogen and oxygen atoms in total. The minimum absolute atomic E-state index is 0.0729. The molecular formula is C23H27NO3. The summed E-state index contributed by atoms with van der Waals surface area (Å²) in [4.78, 5) is 15.7. The van der Waals surface area contributed by atoms with E-state index in [0.29, 0.717) is 12.1 Å². The van der Waals surface area contributed by atoms with E-state index in [1.54, 1.807) is 7.11 Å². The molecule has 2 aliphatic heterocycles. The van der Waals surface area contributed by atoms with Crippen molar-refractivity contribution in [3.05, 3.63) is 65.2 Å². The Bertz CT molecular complexity index is 791. The van der Waals surface area contributed by atoms with Crippen LogP contribution in [0, 0.1) is 12.8 Å². The first kappa shape index (κ1) is 18.2. The summed E-state index contributed by atoms with van der Waals surface area (Å²) in [6.45, 7) is 4.35. The molecule has 0 N–H and O–H groups in total. The van der Waals surface area contributed by atoms with Crippen LogP contribution in [0.25, 0.3) is 0 Å². The van der Waals surface area contributed by atoms with Gasteiger partial charge in [0.2, 0.25) is 0 Å². The molecule has 2 aliphatic rings. The van der Waals surface area contributed by atoms with Gasteiger partial charge in [0.25, 0.3) is 0 Å². The molecule has 2 fully saturated rings. The largest absolute Gasteiger partial charge is 0.496 e. The molecule has 4 heteroatoms. The van der Waals surface area contributed by atoms with Gasteiger partial charge in [0.1, 0.15) is 5.75 Å². The zero-order chi connectivity index (χ0) is 18.8. The lowest BCUT2D eigenvalue weighted by Gasteiger charge is -2.48. The number of ether oxygens (including phenoxy) is 2. The van der Waals surface area contributed by atoms with Gasteiger partial charge in [-0.15, -0.1) is 0 Å². The van der Waals surface area contributed by atoms with E-state index in [0.717, 1.165) is 49.5 Å². The Balaban J connectivity index is 1.49. The van der Waals surface area contributed by atoms with Crippen LogP contribution in [0.3, 0.4) is 0 Å². The average Bonchev–Trinajstić information content (AvgIpc) is 2.68. The minimum atomic E-state index is 0.0729. The number of carbonyl (C=O) groups excluding carboxylic acids is 1. The fourth-order valence-corrected chi connectivity index (χ4v) is 4.52. The van der Waals surface area contributed by atoms with E-state index < -0.39 is 0 Å². The van der Waals surface area contributed by atoms with E-state index in [9.17, 15) is 4.79 Å². The van der Waals surface area contributed by atoms with E-state index in [1.165, 1.54) is 5.56 Å². The number of piperidine rings is 1. The highest BCUT2D eigenvalue weighted by Crippen LogP contribution is 2.35. The van der Waals surface area contributed by atoms with E-state index in [2.05, 4.69) is 35.2 Å². The van der Waals surface area contributed by atoms with Crippen LogP contribution < -0.4 is 4.74 Å². The van der Waals surface area contributed by atoms with Crippen LogP contribution in [-0.2, 0) is 11.3 Å². The first-order valence-corrected chi connectivity index (χ1v) is 9.72. The molecule has 2 unspecified atom stereocenters. The molecule has 0 saturated carbocycles. The number of ketones is 1. The van der Waals surface area contributed by atoms with Gasteiger partial charge in [-0.1, -0.05) is 30.3 Å². The Labute approximate surface area is 161 Å². The van der Waals surface area contributed by atoms with Crippen molar-refractivity contribution in [1.29, 1.82) is 0 Å². The van der Waals surface area contributed by atoms with Crippen LogP contribution in [-0.4, -0.2) is 43.1 Å². The number of benzene rings is 2. The van der Waals surface area contributed by atoms with Crippen molar-refractivity contribution >= 4 is 5.78 Å². The lowest BCUT2D eigenvalue weighted by molar-refractivity contribution is -0.0872. The topological polar surface area (TPSA) is 38.8 Å². The Morgan fingerprint density at radius 1 is 1.11 bits per heavy atom. The number of morpholine rings is 1. The van der Waals surface area contributed by atoms with Crippen LogP contribution >= 0.6 is 0 Å². The van der Waals surface area contributed by atoms with Gasteiger partial charge in [-0.3, -0.25) is 9.69 Å². The molecule has 2 atom stereocenters. The van der Waals surface area contributed by atoms with E-state index >= 15 is 0 Å². The molecule has 4 rings (SSSR count). The van der Waals surface area contributed by atoms with E-state index in [1.807, 2.05) is 25.1 Å². The molecule has 0 spiro atoms. The summed E-state index contributed by atoms with van der Waals surface area (Å²) in [5.74, 6) is 1.16. The summed E-state index contributed by atoms with van der Waals surface area (Å²) >= 11 is 0. The molecule has 27 heavy (non-hydrogen) atoms. The first-order chi connectivity index (χ1) is 13.2. The molecule has 2 saturated heterocycles. The lowest BCUT2D eigenvalue weighted by atomic mass is 9.80. The molecule has 0 aliphatic carbocycles. The van der Waals surface area contributed by atoms with Crippen molar-refractivity contribution in [1.82, 2.24) is 4.90 Å². The molecule has 0 amide bonds. The highest BCUT2D eigenvalue weighted by molar-refractivity contribution is 5.98. The molecular weight excluding hydrogens is 338 g/mol. The van der Waals surface area contributed by atoms with Crippen LogP contribution in [0.15, 0.2) is 48.5 Å². The number of hydrogen-bond acceptors (Lipinski definition) is 4. The van der Waals surface area contributed by atoms with Gasteiger partial charge in [0.05, 0.1) is 20.3 Å². The lowest BCUT2D eigenvalue weighted by Crippen LogP contribution is -2.57. The number of Topliss-reactive ketones (excluding diaryl/α,β-unsaturated/α-hetero) is 1. The van der Waals surface area contributed by atoms with Crippen molar-refractivity contribution in [2.24, 2.45) is 5.92 Å². The van der Waals surface area contributed by atoms with Crippen molar-refractivity contribution in [2.45, 2.75) is 38.4 Å². The second kappa shape index (κ2) is 7.83. The Hall–Kier alpha value is -2.17. The van der Waals surface area contributed by atoms with E-state index in [-0.39, 0.29) is 11.7 Å². The molecule has 0 aromatic heterocycles. The van der Waals surface area contributed by atoms with Gasteiger partial charge in [0, 0.05) is 30.1 Å². The summed E-state index contributed by atoms with van der Waals surface area (Å²) in [6, 6.07) is 17.0. The fourth-order valence-electron chi connectivity index (χ4n) is 4.52. The maximum absolute atomic E-state index is 13.1. The average molecular weight is 365 g/mol. The van der Waals surface area contributed by atoms with Crippen molar-refractivity contribution in [2.75, 3.05) is 20.3 Å². The Morgan fingerprint density at radius 2 is 1.81 bits per heavy atom. The maximum atomic E-state index is 13.1. The van der Waals surface area contributed by atoms with Crippen molar-refractivity contribution in [3.8, 4) is 5.75 Å². The number of carbonyl (C=O) groups is 1. The zero-order valence-electron chi connectivity index (χ0n) is 16.1. The van der Waals surface area contributed by atoms with Crippen LogP contribution in [0.1, 0.15) is 34.3 Å². The summed E-state index contributed by atoms with van der Waals surface area (Å²) in [5, 5.41) is 0. The number of nitrogens with zero attached hydrogens (tertiary/aromatic N) is 1. The predicted molar refractivity (Wildman–Crippen MR) is 105 cm³/mol. The Kier molecular flexibility index (Phi) is 5.28. The van der Waals surface area contributed by atoms with Gasteiger partial charge in [-0.2, -0.15) is 0 Å². The third-order valence-electron chi connectivity index (χ3n) is 5.93. The number of methoxy groups -OCH3 is 1. The van der Waals surface area contributed by atoms with Gasteiger partial charge in [-0.05, 0) is 49.1 Å². The quantitative estimate of drug-likeness (QED) is 0.754. The zero-order valence-corrected chi connectivity index (χ0v) is 16.1. The van der Waals surface area contributed by atoms with Gasteiger partial charge in [-0.25, -0.2) is 0 Å². The second-order valence-corrected chi connectivity index (χ2v) is 7.72. The molecule has 2 aromatic rings. The molecule has 2 bridgehead atoms. The summed E-state index contributed by atoms with van der Waals surface area (Å²) in [7, 11) is 1.66. The summed E-state index contributed by atoms with van der Waals surface area (Å²) < 4.78 is 11.1. The monoisotopic (exact) mass is 365 g/mol. The third-order valence-corrected chi connectivity index (χ3v) is 5.93. The van der Waals surface area contributed by atoms with Gasteiger partial charge in [0.15, 0.2) is 5.78 Å². The summed E-state index contributed by atoms with van der Waals surface area (Å²) in [5.41, 5.74) is 3.13. The number of rotatable bonds is 5. The number of hydrogen-bond donors (Lipinski definition) is 0. The van der Waals surface area contributed by atoms with Gasteiger partial charge >= 0.3 is 0 Å². The third kappa shape index (κ3) is 3.78. The highest BCUT2D eigenvalue weighted by Gasteiger charge is 2.41. The summed E-state index contributed by atoms with van der Waals surface area (Å²) in [6.07, 6.45) is 1.74. The van der Waals surface area contributed by atoms with Crippen LogP contribution in [0.4, 0.5) is 0 Å². The molecule has 142 valence electrons. The SMILES string of the molecule is COc1ccc(C(=O)C2CC3COCC(C2)N3Cc2ccccc2)cc1C. The number of aryl methyl sites for hydroxylation is 1. The van der Waals surface area contributed by atoms with E-state index in [4.69, 9.17) is 9.47 Å². The Morgan fingerprint density at radius 3 is 2.44 bits per heavy atom. The molecule has 2 aromatic carbocycles. The molecule has 0 radical (unpaired) electrons. The highest BCUT2D eigenvalue weighted by atomic mass is 16.5. The predicted octanol–water partition coefficient (Wildman–Crippen LogP) is 3.87. The smallest absolute Gasteiger partial charge is 0.166 e.